The second-order valence-electron chi connectivity index (χ2n) is 6.87. The number of rotatable bonds is 9. The number of nitrogens with zero attached hydrogens (tertiary/aromatic N) is 3. The molecule has 0 radical (unpaired) electrons. The number of ether oxygens (including phenoxy) is 3. The number of aromatic nitrogens is 2. The second kappa shape index (κ2) is 10.4. The van der Waals surface area contributed by atoms with Crippen molar-refractivity contribution >= 4 is 17.7 Å². The molecule has 3 aromatic rings. The highest BCUT2D eigenvalue weighted by Crippen LogP contribution is 2.41. The van der Waals surface area contributed by atoms with E-state index in [0.29, 0.717) is 34.9 Å². The van der Waals surface area contributed by atoms with Gasteiger partial charge in [0.05, 0.1) is 26.6 Å². The minimum atomic E-state index is -0.484. The van der Waals surface area contributed by atoms with Crippen molar-refractivity contribution in [2.75, 3.05) is 28.4 Å². The molecule has 8 nitrogen and oxygen atoms in total. The van der Waals surface area contributed by atoms with Gasteiger partial charge in [-0.15, -0.1) is 10.2 Å². The Morgan fingerprint density at radius 3 is 2.41 bits per heavy atom. The third-order valence-corrected chi connectivity index (χ3v) is 5.55. The van der Waals surface area contributed by atoms with Gasteiger partial charge in [0.1, 0.15) is 5.82 Å². The largest absolute Gasteiger partial charge is 0.493 e. The third kappa shape index (κ3) is 5.31. The van der Waals surface area contributed by atoms with E-state index in [1.165, 1.54) is 38.4 Å². The van der Waals surface area contributed by atoms with E-state index in [2.05, 4.69) is 10.2 Å². The second-order valence-corrected chi connectivity index (χ2v) is 8.16. The maximum absolute atomic E-state index is 13.4. The van der Waals surface area contributed by atoms with Gasteiger partial charge in [-0.05, 0) is 36.8 Å². The van der Waals surface area contributed by atoms with Crippen LogP contribution < -0.4 is 14.2 Å². The van der Waals surface area contributed by atoms with E-state index in [4.69, 9.17) is 18.6 Å². The van der Waals surface area contributed by atoms with Crippen molar-refractivity contribution in [3.63, 3.8) is 0 Å². The summed E-state index contributed by atoms with van der Waals surface area (Å²) in [4.78, 5) is 14.3. The summed E-state index contributed by atoms with van der Waals surface area (Å²) in [7, 11) is 6.22. The summed E-state index contributed by atoms with van der Waals surface area (Å²) in [5.74, 6) is 1.13. The number of methoxy groups -OCH3 is 3. The van der Waals surface area contributed by atoms with Crippen LogP contribution in [0.5, 0.6) is 17.2 Å². The summed E-state index contributed by atoms with van der Waals surface area (Å²) < 4.78 is 35.2. The van der Waals surface area contributed by atoms with Crippen LogP contribution in [0.4, 0.5) is 4.39 Å². The minimum Gasteiger partial charge on any atom is -0.493 e. The van der Waals surface area contributed by atoms with E-state index in [0.717, 1.165) is 11.8 Å². The molecule has 2 aromatic carbocycles. The number of halogens is 1. The zero-order valence-corrected chi connectivity index (χ0v) is 19.2. The van der Waals surface area contributed by atoms with Crippen molar-refractivity contribution in [1.29, 1.82) is 0 Å². The molecule has 0 fully saturated rings. The lowest BCUT2D eigenvalue weighted by Gasteiger charge is -2.20. The standard InChI is InChI=1S/C22H24FN3O5S/c1-13(21(27)26(2)12-14-7-6-8-16(23)9-14)32-22-25-24-20(31-22)15-10-17(28-3)19(30-5)18(11-15)29-4/h6-11,13H,12H2,1-5H3. The first-order chi connectivity index (χ1) is 15.4. The van der Waals surface area contributed by atoms with E-state index < -0.39 is 5.25 Å². The Morgan fingerprint density at radius 1 is 1.12 bits per heavy atom. The predicted molar refractivity (Wildman–Crippen MR) is 118 cm³/mol. The Balaban J connectivity index is 1.71. The molecule has 0 saturated carbocycles. The van der Waals surface area contributed by atoms with Gasteiger partial charge in [0.25, 0.3) is 5.22 Å². The molecule has 0 aliphatic heterocycles. The molecule has 1 unspecified atom stereocenters. The van der Waals surface area contributed by atoms with E-state index in [9.17, 15) is 9.18 Å². The lowest BCUT2D eigenvalue weighted by Crippen LogP contribution is -2.32. The van der Waals surface area contributed by atoms with Gasteiger partial charge >= 0.3 is 0 Å². The van der Waals surface area contributed by atoms with E-state index in [1.807, 2.05) is 0 Å². The van der Waals surface area contributed by atoms with Crippen LogP contribution in [0.15, 0.2) is 46.0 Å². The molecule has 1 atom stereocenters. The molecule has 170 valence electrons. The zero-order chi connectivity index (χ0) is 23.3. The SMILES string of the molecule is COc1cc(-c2nnc(SC(C)C(=O)N(C)Cc3cccc(F)c3)o2)cc(OC)c1OC. The normalized spacial score (nSPS) is 11.7. The fraction of sp³-hybridized carbons (Fsp3) is 0.318. The fourth-order valence-corrected chi connectivity index (χ4v) is 3.88. The van der Waals surface area contributed by atoms with Gasteiger partial charge in [-0.2, -0.15) is 0 Å². The Morgan fingerprint density at radius 2 is 1.81 bits per heavy atom. The quantitative estimate of drug-likeness (QED) is 0.441. The maximum atomic E-state index is 13.4. The molecule has 32 heavy (non-hydrogen) atoms. The van der Waals surface area contributed by atoms with E-state index in [1.54, 1.807) is 38.2 Å². The lowest BCUT2D eigenvalue weighted by molar-refractivity contribution is -0.129. The summed E-state index contributed by atoms with van der Waals surface area (Å²) in [6.45, 7) is 2.04. The van der Waals surface area contributed by atoms with Crippen LogP contribution in [0.1, 0.15) is 12.5 Å². The summed E-state index contributed by atoms with van der Waals surface area (Å²) >= 11 is 1.14. The van der Waals surface area contributed by atoms with Crippen LogP contribution in [0.25, 0.3) is 11.5 Å². The first-order valence-electron chi connectivity index (χ1n) is 9.66. The van der Waals surface area contributed by atoms with Crippen molar-refractivity contribution in [3.05, 3.63) is 47.8 Å². The molecule has 3 rings (SSSR count). The molecule has 0 bridgehead atoms. The summed E-state index contributed by atoms with van der Waals surface area (Å²) in [6.07, 6.45) is 0. The van der Waals surface area contributed by atoms with Gasteiger partial charge in [-0.1, -0.05) is 23.9 Å². The highest BCUT2D eigenvalue weighted by Gasteiger charge is 2.23. The Hall–Kier alpha value is -3.27. The Labute approximate surface area is 189 Å². The van der Waals surface area contributed by atoms with Crippen LogP contribution in [0.3, 0.4) is 0 Å². The van der Waals surface area contributed by atoms with Crippen molar-refractivity contribution in [2.45, 2.75) is 23.9 Å². The first-order valence-corrected chi connectivity index (χ1v) is 10.5. The smallest absolute Gasteiger partial charge is 0.277 e. The van der Waals surface area contributed by atoms with Crippen molar-refractivity contribution in [3.8, 4) is 28.7 Å². The molecule has 10 heteroatoms. The molecule has 1 amide bonds. The Bertz CT molecular complexity index is 1070. The molecular formula is C22H24FN3O5S. The van der Waals surface area contributed by atoms with Gasteiger partial charge in [0, 0.05) is 19.2 Å². The summed E-state index contributed by atoms with van der Waals surface area (Å²) in [5, 5.41) is 7.87. The maximum Gasteiger partial charge on any atom is 0.277 e. The lowest BCUT2D eigenvalue weighted by atomic mass is 10.2. The zero-order valence-electron chi connectivity index (χ0n) is 18.4. The number of hydrogen-bond donors (Lipinski definition) is 0. The number of thioether (sulfide) groups is 1. The summed E-state index contributed by atoms with van der Waals surface area (Å²) in [6, 6.07) is 9.56. The van der Waals surface area contributed by atoms with Gasteiger partial charge in [0.15, 0.2) is 11.5 Å². The van der Waals surface area contributed by atoms with E-state index in [-0.39, 0.29) is 22.8 Å². The van der Waals surface area contributed by atoms with Crippen molar-refractivity contribution in [2.24, 2.45) is 0 Å². The molecule has 1 heterocycles. The van der Waals surface area contributed by atoms with Crippen LogP contribution in [-0.4, -0.2) is 54.6 Å². The minimum absolute atomic E-state index is 0.146. The average molecular weight is 462 g/mol. The van der Waals surface area contributed by atoms with Crippen molar-refractivity contribution in [1.82, 2.24) is 15.1 Å². The fourth-order valence-electron chi connectivity index (χ4n) is 3.08. The van der Waals surface area contributed by atoms with Crippen LogP contribution in [0.2, 0.25) is 0 Å². The van der Waals surface area contributed by atoms with Gasteiger partial charge in [-0.3, -0.25) is 4.79 Å². The third-order valence-electron chi connectivity index (χ3n) is 4.63. The number of carbonyl (C=O) groups is 1. The van der Waals surface area contributed by atoms with Crippen LogP contribution in [0, 0.1) is 5.82 Å². The predicted octanol–water partition coefficient (Wildman–Crippen LogP) is 4.04. The molecule has 1 aromatic heterocycles. The average Bonchev–Trinajstić information content (AvgIpc) is 3.25. The molecular weight excluding hydrogens is 437 g/mol. The number of amides is 1. The molecule has 0 aliphatic carbocycles. The first kappa shape index (κ1) is 23.4. The van der Waals surface area contributed by atoms with Gasteiger partial charge < -0.3 is 23.5 Å². The summed E-state index contributed by atoms with van der Waals surface area (Å²) in [5.41, 5.74) is 1.29. The van der Waals surface area contributed by atoms with Crippen molar-refractivity contribution < 1.29 is 27.8 Å². The topological polar surface area (TPSA) is 86.9 Å². The highest BCUT2D eigenvalue weighted by atomic mass is 32.2. The van der Waals surface area contributed by atoms with Crippen LogP contribution >= 0.6 is 11.8 Å². The molecule has 0 saturated heterocycles. The molecule has 0 aliphatic rings. The number of hydrogen-bond acceptors (Lipinski definition) is 8. The van der Waals surface area contributed by atoms with Gasteiger partial charge in [0.2, 0.25) is 17.5 Å². The molecule has 0 spiro atoms. The van der Waals surface area contributed by atoms with Gasteiger partial charge in [-0.25, -0.2) is 4.39 Å². The Kier molecular flexibility index (Phi) is 7.57. The monoisotopic (exact) mass is 461 g/mol. The van der Waals surface area contributed by atoms with E-state index >= 15 is 0 Å². The highest BCUT2D eigenvalue weighted by molar-refractivity contribution is 8.00. The van der Waals surface area contributed by atoms with Crippen LogP contribution in [-0.2, 0) is 11.3 Å². The number of benzene rings is 2. The molecule has 0 N–H and O–H groups in total. The number of carbonyl (C=O) groups excluding carboxylic acids is 1.